The van der Waals surface area contributed by atoms with Crippen LogP contribution in [0.25, 0.3) is 6.08 Å². The molecule has 13 heteroatoms. The Balaban J connectivity index is 1.35. The minimum atomic E-state index is -0.529. The molecule has 3 aromatic carbocycles. The second-order valence-corrected chi connectivity index (χ2v) is 13.1. The van der Waals surface area contributed by atoms with Gasteiger partial charge in [-0.2, -0.15) is 4.98 Å². The molecule has 1 aromatic heterocycles. The van der Waals surface area contributed by atoms with Gasteiger partial charge in [0.05, 0.1) is 13.7 Å². The average Bonchev–Trinajstić information content (AvgIpc) is 3.16. The van der Waals surface area contributed by atoms with Gasteiger partial charge < -0.3 is 39.5 Å². The summed E-state index contributed by atoms with van der Waals surface area (Å²) < 4.78 is 32.8. The van der Waals surface area contributed by atoms with Gasteiger partial charge in [0.1, 0.15) is 5.56 Å². The fourth-order valence-corrected chi connectivity index (χ4v) is 6.00. The van der Waals surface area contributed by atoms with Crippen LogP contribution in [0.5, 0.6) is 23.1 Å². The molecule has 0 atom stereocenters. The highest BCUT2D eigenvalue weighted by Gasteiger charge is 2.21. The number of amides is 2. The first-order valence-corrected chi connectivity index (χ1v) is 18.3. The van der Waals surface area contributed by atoms with Crippen LogP contribution in [0.2, 0.25) is 0 Å². The number of halogens is 1. The number of benzene rings is 3. The van der Waals surface area contributed by atoms with Crippen molar-refractivity contribution >= 4 is 35.2 Å². The maximum absolute atomic E-state index is 15.1. The maximum Gasteiger partial charge on any atom is 0.262 e. The zero-order valence-electron chi connectivity index (χ0n) is 31.9. The third-order valence-corrected chi connectivity index (χ3v) is 9.27. The van der Waals surface area contributed by atoms with Crippen molar-refractivity contribution in [1.82, 2.24) is 24.7 Å². The lowest BCUT2D eigenvalue weighted by molar-refractivity contribution is -0.125. The molecule has 2 N–H and O–H groups in total. The predicted molar refractivity (Wildman–Crippen MR) is 210 cm³/mol. The smallest absolute Gasteiger partial charge is 0.262 e. The molecule has 1 fully saturated rings. The van der Waals surface area contributed by atoms with Gasteiger partial charge in [0, 0.05) is 75.5 Å². The number of aromatic nitrogens is 2. The number of nitrogens with one attached hydrogen (secondary N) is 2. The number of rotatable bonds is 16. The molecule has 4 aromatic rings. The Morgan fingerprint density at radius 3 is 2.37 bits per heavy atom. The van der Waals surface area contributed by atoms with E-state index in [1.54, 1.807) is 41.3 Å². The van der Waals surface area contributed by atoms with Crippen LogP contribution in [0, 0.1) is 19.7 Å². The number of nitrogens with zero attached hydrogens (tertiary/aromatic N) is 5. The number of methoxy groups -OCH3 is 1. The van der Waals surface area contributed by atoms with Crippen LogP contribution in [-0.2, 0) is 4.79 Å². The highest BCUT2D eigenvalue weighted by molar-refractivity contribution is 6.06. The summed E-state index contributed by atoms with van der Waals surface area (Å²) >= 11 is 0. The fraction of sp³-hybridized carbons (Fsp3) is 0.366. The molecule has 1 saturated heterocycles. The summed E-state index contributed by atoms with van der Waals surface area (Å²) in [5.74, 6) is -0.319. The van der Waals surface area contributed by atoms with E-state index < -0.39 is 11.7 Å². The predicted octanol–water partition coefficient (Wildman–Crippen LogP) is 6.93. The third-order valence-electron chi connectivity index (χ3n) is 9.27. The molecular formula is C41H50FN7O5. The molecule has 2 heterocycles. The quantitative estimate of drug-likeness (QED) is 0.0925. The minimum Gasteiger partial charge on any atom is -0.493 e. The van der Waals surface area contributed by atoms with Crippen LogP contribution in [0.1, 0.15) is 47.3 Å². The number of hydrogen-bond acceptors (Lipinski definition) is 10. The van der Waals surface area contributed by atoms with Crippen molar-refractivity contribution in [3.63, 3.8) is 0 Å². The number of para-hydroxylation sites is 1. The number of piperazine rings is 1. The van der Waals surface area contributed by atoms with Crippen LogP contribution in [0.15, 0.2) is 66.9 Å². The largest absolute Gasteiger partial charge is 0.493 e. The number of ether oxygens (including phenoxy) is 3. The summed E-state index contributed by atoms with van der Waals surface area (Å²) in [6.07, 6.45) is 5.36. The monoisotopic (exact) mass is 739 g/mol. The Morgan fingerprint density at radius 1 is 0.963 bits per heavy atom. The van der Waals surface area contributed by atoms with Crippen LogP contribution in [0.4, 0.5) is 21.7 Å². The van der Waals surface area contributed by atoms with Gasteiger partial charge in [-0.3, -0.25) is 9.59 Å². The van der Waals surface area contributed by atoms with E-state index in [9.17, 15) is 9.59 Å². The van der Waals surface area contributed by atoms with Crippen molar-refractivity contribution in [2.45, 2.75) is 34.1 Å². The SMILES string of the molecule is CCN(CC)C(=O)/C=C/c1ccc(Oc2nc(Nc3ccc(OCCCN4CCN(C)CC4)c(F)c3)ncc2C(=O)Nc2c(C)cccc2C)c(OC)c1. The molecule has 286 valence electrons. The van der Waals surface area contributed by atoms with E-state index in [0.717, 1.165) is 50.3 Å². The first-order valence-electron chi connectivity index (χ1n) is 18.3. The van der Waals surface area contributed by atoms with Crippen molar-refractivity contribution in [2.24, 2.45) is 0 Å². The van der Waals surface area contributed by atoms with E-state index in [2.05, 4.69) is 37.4 Å². The normalized spacial score (nSPS) is 13.5. The van der Waals surface area contributed by atoms with Crippen LogP contribution in [-0.4, -0.2) is 103 Å². The fourth-order valence-electron chi connectivity index (χ4n) is 6.00. The minimum absolute atomic E-state index is 0.0599. The number of anilines is 3. The van der Waals surface area contributed by atoms with Gasteiger partial charge in [-0.25, -0.2) is 9.37 Å². The van der Waals surface area contributed by atoms with Crippen LogP contribution < -0.4 is 24.8 Å². The Hall–Kier alpha value is -5.53. The lowest BCUT2D eigenvalue weighted by atomic mass is 10.1. The summed E-state index contributed by atoms with van der Waals surface area (Å²) in [5.41, 5.74) is 3.59. The summed E-state index contributed by atoms with van der Waals surface area (Å²) in [4.78, 5) is 41.6. The topological polar surface area (TPSA) is 121 Å². The number of carbonyl (C=O) groups excluding carboxylic acids is 2. The highest BCUT2D eigenvalue weighted by atomic mass is 19.1. The van der Waals surface area contributed by atoms with E-state index in [4.69, 9.17) is 14.2 Å². The summed E-state index contributed by atoms with van der Waals surface area (Å²) in [5, 5.41) is 5.98. The van der Waals surface area contributed by atoms with Crippen molar-refractivity contribution in [3.8, 4) is 23.1 Å². The molecule has 2 amide bonds. The van der Waals surface area contributed by atoms with E-state index >= 15 is 4.39 Å². The van der Waals surface area contributed by atoms with Gasteiger partial charge in [0.25, 0.3) is 5.91 Å². The second kappa shape index (κ2) is 19.0. The van der Waals surface area contributed by atoms with E-state index in [0.29, 0.717) is 42.4 Å². The first kappa shape index (κ1) is 39.7. The highest BCUT2D eigenvalue weighted by Crippen LogP contribution is 2.35. The number of carbonyl (C=O) groups is 2. The Labute approximate surface area is 316 Å². The molecule has 0 saturated carbocycles. The molecule has 0 radical (unpaired) electrons. The van der Waals surface area contributed by atoms with Crippen molar-refractivity contribution in [2.75, 3.05) is 77.2 Å². The second-order valence-electron chi connectivity index (χ2n) is 13.1. The van der Waals surface area contributed by atoms with Gasteiger partial charge >= 0.3 is 0 Å². The van der Waals surface area contributed by atoms with Gasteiger partial charge in [-0.15, -0.1) is 0 Å². The standard InChI is InChI=1S/C41H50FN7O5/c1-7-49(8-2)37(50)18-14-30-13-16-35(36(25-30)52-6)54-40-32(39(51)45-38-28(3)11-9-12-29(38)4)27-43-41(46-40)44-31-15-17-34(33(42)26-31)53-24-10-19-48-22-20-47(5)21-23-48/h9,11-18,25-27H,7-8,10,19-24H2,1-6H3,(H,45,51)(H,43,44,46)/b18-14+. The van der Waals surface area contributed by atoms with Gasteiger partial charge in [0.15, 0.2) is 23.1 Å². The molecule has 0 spiro atoms. The molecule has 0 bridgehead atoms. The molecule has 1 aliphatic rings. The van der Waals surface area contributed by atoms with E-state index in [1.165, 1.54) is 25.4 Å². The Bertz CT molecular complexity index is 1920. The lowest BCUT2D eigenvalue weighted by Gasteiger charge is -2.32. The maximum atomic E-state index is 15.1. The zero-order valence-corrected chi connectivity index (χ0v) is 31.9. The summed E-state index contributed by atoms with van der Waals surface area (Å²) in [6.45, 7) is 14.3. The zero-order chi connectivity index (χ0) is 38.6. The molecule has 0 aliphatic carbocycles. The lowest BCUT2D eigenvalue weighted by Crippen LogP contribution is -2.44. The van der Waals surface area contributed by atoms with Crippen LogP contribution in [0.3, 0.4) is 0 Å². The molecule has 5 rings (SSSR count). The van der Waals surface area contributed by atoms with Gasteiger partial charge in [-0.1, -0.05) is 24.3 Å². The summed E-state index contributed by atoms with van der Waals surface area (Å²) in [7, 11) is 3.62. The van der Waals surface area contributed by atoms with E-state index in [1.807, 2.05) is 45.9 Å². The van der Waals surface area contributed by atoms with Gasteiger partial charge in [0.2, 0.25) is 17.7 Å². The van der Waals surface area contributed by atoms with Crippen molar-refractivity contribution in [1.29, 1.82) is 0 Å². The van der Waals surface area contributed by atoms with E-state index in [-0.39, 0.29) is 34.8 Å². The van der Waals surface area contributed by atoms with Crippen molar-refractivity contribution < 1.29 is 28.2 Å². The number of hydrogen-bond donors (Lipinski definition) is 2. The van der Waals surface area contributed by atoms with Gasteiger partial charge in [-0.05, 0) is 88.2 Å². The Morgan fingerprint density at radius 2 is 1.69 bits per heavy atom. The molecule has 12 nitrogen and oxygen atoms in total. The molecule has 1 aliphatic heterocycles. The Kier molecular flexibility index (Phi) is 14.0. The summed E-state index contributed by atoms with van der Waals surface area (Å²) in [6, 6.07) is 15.4. The number of likely N-dealkylation sites (N-methyl/N-ethyl adjacent to an activating group) is 2. The molecule has 54 heavy (non-hydrogen) atoms. The average molecular weight is 740 g/mol. The number of aryl methyl sites for hydroxylation is 2. The molecular weight excluding hydrogens is 689 g/mol. The first-order chi connectivity index (χ1) is 26.1. The van der Waals surface area contributed by atoms with Crippen molar-refractivity contribution in [3.05, 3.63) is 94.9 Å². The van der Waals surface area contributed by atoms with Crippen LogP contribution >= 0.6 is 0 Å². The third kappa shape index (κ3) is 10.5. The molecule has 0 unspecified atom stereocenters.